The number of nitrogens with zero attached hydrogens (tertiary/aromatic N) is 4. The molecule has 0 N–H and O–H groups in total. The second-order valence-electron chi connectivity index (χ2n) is 8.00. The molecule has 5 heteroatoms. The van der Waals surface area contributed by atoms with Gasteiger partial charge in [-0.05, 0) is 49.1 Å². The first-order valence-electron chi connectivity index (χ1n) is 8.96. The third-order valence-electron chi connectivity index (χ3n) is 6.02. The topological polar surface area (TPSA) is 49.3 Å². The Morgan fingerprint density at radius 2 is 1.91 bits per heavy atom. The molecule has 3 aliphatic rings. The average Bonchev–Trinajstić information content (AvgIpc) is 3.26. The van der Waals surface area contributed by atoms with Crippen LogP contribution in [0.15, 0.2) is 12.1 Å². The van der Waals surface area contributed by atoms with E-state index in [0.29, 0.717) is 17.7 Å². The summed E-state index contributed by atoms with van der Waals surface area (Å²) in [7, 11) is 0. The van der Waals surface area contributed by atoms with Gasteiger partial charge in [0.2, 0.25) is 0 Å². The van der Waals surface area contributed by atoms with Gasteiger partial charge in [0.25, 0.3) is 5.91 Å². The highest BCUT2D eigenvalue weighted by atomic mass is 16.2. The molecule has 0 spiro atoms. The molecule has 4 rings (SSSR count). The maximum absolute atomic E-state index is 12.9. The number of amides is 1. The Kier molecular flexibility index (Phi) is 3.54. The van der Waals surface area contributed by atoms with Crippen LogP contribution in [0.25, 0.3) is 0 Å². The van der Waals surface area contributed by atoms with Crippen molar-refractivity contribution in [2.45, 2.75) is 52.0 Å². The zero-order valence-electron chi connectivity index (χ0n) is 14.2. The second kappa shape index (κ2) is 5.46. The van der Waals surface area contributed by atoms with Gasteiger partial charge in [-0.2, -0.15) is 0 Å². The highest BCUT2D eigenvalue weighted by molar-refractivity contribution is 5.92. The van der Waals surface area contributed by atoms with Gasteiger partial charge in [0, 0.05) is 25.7 Å². The summed E-state index contributed by atoms with van der Waals surface area (Å²) < 4.78 is 0. The van der Waals surface area contributed by atoms with E-state index in [1.807, 2.05) is 12.1 Å². The van der Waals surface area contributed by atoms with Crippen LogP contribution in [-0.2, 0) is 0 Å². The Hall–Kier alpha value is -1.65. The number of likely N-dealkylation sites (tertiary alicyclic amines) is 1. The van der Waals surface area contributed by atoms with Crippen LogP contribution in [0.2, 0.25) is 0 Å². The van der Waals surface area contributed by atoms with Gasteiger partial charge in [-0.25, -0.2) is 0 Å². The molecule has 0 radical (unpaired) electrons. The fourth-order valence-corrected chi connectivity index (χ4v) is 4.82. The first-order chi connectivity index (χ1) is 11.1. The lowest BCUT2D eigenvalue weighted by molar-refractivity contribution is 0.0715. The number of aromatic nitrogens is 2. The Balaban J connectivity index is 1.52. The van der Waals surface area contributed by atoms with Crippen LogP contribution in [0.1, 0.15) is 56.4 Å². The number of hydrogen-bond acceptors (Lipinski definition) is 4. The molecule has 3 heterocycles. The van der Waals surface area contributed by atoms with Crippen molar-refractivity contribution in [1.82, 2.24) is 15.1 Å². The van der Waals surface area contributed by atoms with Gasteiger partial charge in [0.05, 0.1) is 0 Å². The van der Waals surface area contributed by atoms with Crippen LogP contribution in [0.3, 0.4) is 0 Å². The predicted octanol–water partition coefficient (Wildman–Crippen LogP) is 2.73. The van der Waals surface area contributed by atoms with E-state index < -0.39 is 0 Å². The molecular weight excluding hydrogens is 288 g/mol. The van der Waals surface area contributed by atoms with Crippen molar-refractivity contribution in [2.24, 2.45) is 11.3 Å². The summed E-state index contributed by atoms with van der Waals surface area (Å²) >= 11 is 0. The molecule has 23 heavy (non-hydrogen) atoms. The van der Waals surface area contributed by atoms with E-state index >= 15 is 0 Å². The Morgan fingerprint density at radius 1 is 1.13 bits per heavy atom. The number of rotatable bonds is 2. The summed E-state index contributed by atoms with van der Waals surface area (Å²) in [6.07, 6.45) is 6.06. The molecule has 2 aliphatic heterocycles. The zero-order chi connectivity index (χ0) is 16.0. The lowest BCUT2D eigenvalue weighted by Gasteiger charge is -2.23. The number of fused-ring (bicyclic) bond motifs is 1. The van der Waals surface area contributed by atoms with Crippen molar-refractivity contribution in [3.63, 3.8) is 0 Å². The number of hydrogen-bond donors (Lipinski definition) is 0. The van der Waals surface area contributed by atoms with Crippen molar-refractivity contribution >= 4 is 11.7 Å². The van der Waals surface area contributed by atoms with E-state index in [-0.39, 0.29) is 11.3 Å². The number of anilines is 1. The summed E-state index contributed by atoms with van der Waals surface area (Å²) in [5.74, 6) is 1.61. The zero-order valence-corrected chi connectivity index (χ0v) is 14.2. The van der Waals surface area contributed by atoms with Crippen molar-refractivity contribution in [2.75, 3.05) is 24.5 Å². The molecule has 2 saturated heterocycles. The molecule has 1 aliphatic carbocycles. The minimum Gasteiger partial charge on any atom is -0.355 e. The van der Waals surface area contributed by atoms with Crippen molar-refractivity contribution in [1.29, 1.82) is 0 Å². The van der Waals surface area contributed by atoms with Gasteiger partial charge in [-0.15, -0.1) is 10.2 Å². The highest BCUT2D eigenvalue weighted by Crippen LogP contribution is 2.48. The average molecular weight is 314 g/mol. The first-order valence-corrected chi connectivity index (χ1v) is 8.96. The maximum Gasteiger partial charge on any atom is 0.274 e. The van der Waals surface area contributed by atoms with Crippen molar-refractivity contribution in [3.8, 4) is 0 Å². The minimum absolute atomic E-state index is 0.0629. The fraction of sp³-hybridized carbons (Fsp3) is 0.722. The summed E-state index contributed by atoms with van der Waals surface area (Å²) in [5, 5.41) is 8.55. The van der Waals surface area contributed by atoms with Crippen LogP contribution in [0, 0.1) is 11.3 Å². The predicted molar refractivity (Wildman–Crippen MR) is 89.4 cm³/mol. The van der Waals surface area contributed by atoms with E-state index in [0.717, 1.165) is 31.9 Å². The smallest absolute Gasteiger partial charge is 0.274 e. The maximum atomic E-state index is 12.9. The standard InChI is InChI=1S/C18H26N4O/c1-18(2)12-22(15-7-5-6-13(15)18)17(23)14-8-9-16(20-19-14)21-10-3-4-11-21/h8-9,13,15H,3-7,10-12H2,1-2H3. The quantitative estimate of drug-likeness (QED) is 0.842. The van der Waals surface area contributed by atoms with Gasteiger partial charge in [0.15, 0.2) is 11.5 Å². The van der Waals surface area contributed by atoms with E-state index in [2.05, 4.69) is 33.8 Å². The molecule has 3 fully saturated rings. The van der Waals surface area contributed by atoms with Gasteiger partial charge in [0.1, 0.15) is 0 Å². The summed E-state index contributed by atoms with van der Waals surface area (Å²) in [6, 6.07) is 4.22. The molecule has 1 aromatic rings. The Labute approximate surface area is 138 Å². The van der Waals surface area contributed by atoms with E-state index in [9.17, 15) is 4.79 Å². The van der Waals surface area contributed by atoms with Gasteiger partial charge >= 0.3 is 0 Å². The molecule has 1 amide bonds. The molecule has 2 unspecified atom stereocenters. The highest BCUT2D eigenvalue weighted by Gasteiger charge is 2.50. The molecular formula is C18H26N4O. The second-order valence-corrected chi connectivity index (χ2v) is 8.00. The fourth-order valence-electron chi connectivity index (χ4n) is 4.82. The minimum atomic E-state index is 0.0629. The van der Waals surface area contributed by atoms with Gasteiger partial charge in [-0.3, -0.25) is 4.79 Å². The third-order valence-corrected chi connectivity index (χ3v) is 6.02. The van der Waals surface area contributed by atoms with Gasteiger partial charge < -0.3 is 9.80 Å². The van der Waals surface area contributed by atoms with Crippen LogP contribution >= 0.6 is 0 Å². The van der Waals surface area contributed by atoms with Crippen LogP contribution in [0.5, 0.6) is 0 Å². The van der Waals surface area contributed by atoms with E-state index in [1.54, 1.807) is 0 Å². The normalized spacial score (nSPS) is 29.1. The molecule has 1 aromatic heterocycles. The summed E-state index contributed by atoms with van der Waals surface area (Å²) in [5.41, 5.74) is 0.719. The van der Waals surface area contributed by atoms with Crippen molar-refractivity contribution < 1.29 is 4.79 Å². The Bertz CT molecular complexity index is 592. The molecule has 5 nitrogen and oxygen atoms in total. The lowest BCUT2D eigenvalue weighted by atomic mass is 9.80. The monoisotopic (exact) mass is 314 g/mol. The summed E-state index contributed by atoms with van der Waals surface area (Å²) in [4.78, 5) is 17.2. The van der Waals surface area contributed by atoms with Gasteiger partial charge in [-0.1, -0.05) is 20.3 Å². The lowest BCUT2D eigenvalue weighted by Crippen LogP contribution is -2.36. The van der Waals surface area contributed by atoms with Crippen LogP contribution in [0.4, 0.5) is 5.82 Å². The first kappa shape index (κ1) is 14.9. The van der Waals surface area contributed by atoms with Crippen molar-refractivity contribution in [3.05, 3.63) is 17.8 Å². The SMILES string of the molecule is CC1(C)CN(C(=O)c2ccc(N3CCCC3)nn2)C2CCCC21. The molecule has 2 atom stereocenters. The third kappa shape index (κ3) is 2.50. The number of carbonyl (C=O) groups is 1. The van der Waals surface area contributed by atoms with E-state index in [1.165, 1.54) is 25.7 Å². The molecule has 124 valence electrons. The largest absolute Gasteiger partial charge is 0.355 e. The number of carbonyl (C=O) groups excluding carboxylic acids is 1. The van der Waals surface area contributed by atoms with E-state index in [4.69, 9.17) is 0 Å². The molecule has 0 bridgehead atoms. The molecule has 0 aromatic carbocycles. The molecule has 1 saturated carbocycles. The summed E-state index contributed by atoms with van der Waals surface area (Å²) in [6.45, 7) is 7.53. The Morgan fingerprint density at radius 3 is 2.61 bits per heavy atom. The van der Waals surface area contributed by atoms with Crippen LogP contribution in [-0.4, -0.2) is 46.7 Å². The van der Waals surface area contributed by atoms with Crippen LogP contribution < -0.4 is 4.90 Å².